The van der Waals surface area contributed by atoms with Crippen LogP contribution in [-0.2, 0) is 0 Å². The largest absolute Gasteiger partial charge is 0.438 e. The maximum Gasteiger partial charge on any atom is 0.230 e. The van der Waals surface area contributed by atoms with Crippen molar-refractivity contribution in [3.05, 3.63) is 55.0 Å². The first-order valence-electron chi connectivity index (χ1n) is 7.38. The molecule has 2 aromatic carbocycles. The summed E-state index contributed by atoms with van der Waals surface area (Å²) in [5.41, 5.74) is 3.04. The molecule has 0 spiro atoms. The Morgan fingerprint density at radius 3 is 2.78 bits per heavy atom. The van der Waals surface area contributed by atoms with Crippen LogP contribution in [0.3, 0.4) is 0 Å². The summed E-state index contributed by atoms with van der Waals surface area (Å²) >= 11 is 0. The maximum absolute atomic E-state index is 5.99. The fraction of sp³-hybridized carbons (Fsp3) is 0.111. The van der Waals surface area contributed by atoms with Gasteiger partial charge < -0.3 is 14.6 Å². The zero-order valence-electron chi connectivity index (χ0n) is 12.9. The number of hydrogen-bond donors (Lipinski definition) is 1. The minimum atomic E-state index is 0.565. The first-order chi connectivity index (χ1) is 11.2. The van der Waals surface area contributed by atoms with Crippen LogP contribution in [0.15, 0.2) is 55.0 Å². The number of ether oxygens (including phenoxy) is 1. The van der Waals surface area contributed by atoms with Crippen molar-refractivity contribution < 1.29 is 4.74 Å². The van der Waals surface area contributed by atoms with Crippen molar-refractivity contribution in [3.63, 3.8) is 0 Å². The van der Waals surface area contributed by atoms with Gasteiger partial charge in [0.05, 0.1) is 10.9 Å². The highest BCUT2D eigenvalue weighted by Gasteiger charge is 2.08. The van der Waals surface area contributed by atoms with E-state index < -0.39 is 0 Å². The van der Waals surface area contributed by atoms with Crippen LogP contribution in [0, 0.1) is 0 Å². The van der Waals surface area contributed by atoms with Gasteiger partial charge in [-0.2, -0.15) is 0 Å². The zero-order valence-corrected chi connectivity index (χ0v) is 12.9. The summed E-state index contributed by atoms with van der Waals surface area (Å²) in [6, 6.07) is 14.0. The van der Waals surface area contributed by atoms with E-state index in [0.29, 0.717) is 5.88 Å². The summed E-state index contributed by atoms with van der Waals surface area (Å²) < 4.78 is 5.99. The number of anilines is 1. The first kappa shape index (κ1) is 13.6. The Bertz CT molecular complexity index is 991. The van der Waals surface area contributed by atoms with E-state index in [1.165, 1.54) is 6.33 Å². The molecule has 0 atom stereocenters. The molecule has 0 amide bonds. The van der Waals surface area contributed by atoms with E-state index in [1.54, 1.807) is 0 Å². The Morgan fingerprint density at radius 1 is 1.00 bits per heavy atom. The number of benzene rings is 2. The molecule has 23 heavy (non-hydrogen) atoms. The van der Waals surface area contributed by atoms with E-state index in [2.05, 4.69) is 15.0 Å². The minimum Gasteiger partial charge on any atom is -0.438 e. The number of fused-ring (bicyclic) bond motifs is 2. The highest BCUT2D eigenvalue weighted by Crippen LogP contribution is 2.30. The van der Waals surface area contributed by atoms with Crippen molar-refractivity contribution in [1.29, 1.82) is 0 Å². The topological polar surface area (TPSA) is 54.0 Å². The van der Waals surface area contributed by atoms with E-state index in [9.17, 15) is 0 Å². The number of aromatic nitrogens is 3. The highest BCUT2D eigenvalue weighted by atomic mass is 16.5. The molecule has 2 aromatic heterocycles. The van der Waals surface area contributed by atoms with Crippen molar-refractivity contribution in [2.24, 2.45) is 0 Å². The fourth-order valence-corrected chi connectivity index (χ4v) is 2.59. The molecule has 0 saturated carbocycles. The molecule has 0 unspecified atom stereocenters. The van der Waals surface area contributed by atoms with E-state index in [1.807, 2.05) is 67.7 Å². The van der Waals surface area contributed by atoms with Crippen LogP contribution in [0.2, 0.25) is 0 Å². The fourth-order valence-electron chi connectivity index (χ4n) is 2.59. The van der Waals surface area contributed by atoms with Crippen molar-refractivity contribution in [1.82, 2.24) is 15.0 Å². The van der Waals surface area contributed by atoms with Gasteiger partial charge in [0.25, 0.3) is 0 Å². The summed E-state index contributed by atoms with van der Waals surface area (Å²) in [6.07, 6.45) is 3.45. The summed E-state index contributed by atoms with van der Waals surface area (Å²) in [7, 11) is 4.01. The standard InChI is InChI=1S/C18H16N4O/c1-22(2)13-3-5-15-17(10-13)20-11-21-18(15)23-14-4-6-16-12(9-14)7-8-19-16/h3-11,19H,1-2H3. The Kier molecular flexibility index (Phi) is 3.12. The first-order valence-corrected chi connectivity index (χ1v) is 7.38. The predicted molar refractivity (Wildman–Crippen MR) is 92.2 cm³/mol. The SMILES string of the molecule is CN(C)c1ccc2c(Oc3ccc4[nH]ccc4c3)ncnc2c1. The number of nitrogens with zero attached hydrogens (tertiary/aromatic N) is 3. The average molecular weight is 304 g/mol. The molecule has 0 bridgehead atoms. The summed E-state index contributed by atoms with van der Waals surface area (Å²) in [6.45, 7) is 0. The van der Waals surface area contributed by atoms with Crippen molar-refractivity contribution in [3.8, 4) is 11.6 Å². The van der Waals surface area contributed by atoms with E-state index in [4.69, 9.17) is 4.74 Å². The predicted octanol–water partition coefficient (Wildman–Crippen LogP) is 3.97. The Labute approximate surface area is 133 Å². The van der Waals surface area contributed by atoms with Gasteiger partial charge in [-0.3, -0.25) is 0 Å². The third kappa shape index (κ3) is 2.46. The van der Waals surface area contributed by atoms with Crippen molar-refractivity contribution in [2.45, 2.75) is 0 Å². The Morgan fingerprint density at radius 2 is 1.91 bits per heavy atom. The normalized spacial score (nSPS) is 11.0. The second-order valence-corrected chi connectivity index (χ2v) is 5.60. The lowest BCUT2D eigenvalue weighted by atomic mass is 10.2. The van der Waals surface area contributed by atoms with Crippen molar-refractivity contribution >= 4 is 27.5 Å². The van der Waals surface area contributed by atoms with Gasteiger partial charge in [-0.1, -0.05) is 0 Å². The molecule has 0 fully saturated rings. The third-order valence-electron chi connectivity index (χ3n) is 3.84. The van der Waals surface area contributed by atoms with Crippen molar-refractivity contribution in [2.75, 3.05) is 19.0 Å². The second-order valence-electron chi connectivity index (χ2n) is 5.60. The van der Waals surface area contributed by atoms with Gasteiger partial charge in [0.15, 0.2) is 0 Å². The van der Waals surface area contributed by atoms with E-state index in [0.717, 1.165) is 33.2 Å². The molecule has 4 aromatic rings. The summed E-state index contributed by atoms with van der Waals surface area (Å²) in [5.74, 6) is 1.32. The molecule has 0 aliphatic heterocycles. The van der Waals surface area contributed by atoms with Gasteiger partial charge in [-0.25, -0.2) is 9.97 Å². The smallest absolute Gasteiger partial charge is 0.230 e. The van der Waals surface area contributed by atoms with Gasteiger partial charge in [0.1, 0.15) is 12.1 Å². The monoisotopic (exact) mass is 304 g/mol. The molecule has 0 aliphatic rings. The third-order valence-corrected chi connectivity index (χ3v) is 3.84. The molecule has 2 heterocycles. The molecule has 0 aliphatic carbocycles. The molecule has 5 heteroatoms. The quantitative estimate of drug-likeness (QED) is 0.622. The number of H-pyrrole nitrogens is 1. The minimum absolute atomic E-state index is 0.565. The zero-order chi connectivity index (χ0) is 15.8. The Balaban J connectivity index is 1.75. The molecule has 1 N–H and O–H groups in total. The number of aromatic amines is 1. The van der Waals surface area contributed by atoms with Gasteiger partial charge in [0, 0.05) is 36.9 Å². The molecule has 0 radical (unpaired) electrons. The van der Waals surface area contributed by atoms with Crippen LogP contribution in [0.1, 0.15) is 0 Å². The van der Waals surface area contributed by atoms with Crippen LogP contribution >= 0.6 is 0 Å². The highest BCUT2D eigenvalue weighted by molar-refractivity contribution is 5.87. The molecule has 0 saturated heterocycles. The maximum atomic E-state index is 5.99. The number of hydrogen-bond acceptors (Lipinski definition) is 4. The number of rotatable bonds is 3. The lowest BCUT2D eigenvalue weighted by molar-refractivity contribution is 0.469. The van der Waals surface area contributed by atoms with Crippen LogP contribution in [-0.4, -0.2) is 29.0 Å². The average Bonchev–Trinajstić information content (AvgIpc) is 3.02. The molecular formula is C18H16N4O. The molecule has 4 rings (SSSR count). The lowest BCUT2D eigenvalue weighted by Crippen LogP contribution is -2.08. The summed E-state index contributed by atoms with van der Waals surface area (Å²) in [5, 5.41) is 2.00. The van der Waals surface area contributed by atoms with E-state index >= 15 is 0 Å². The lowest BCUT2D eigenvalue weighted by Gasteiger charge is -2.13. The second kappa shape index (κ2) is 5.28. The molecular weight excluding hydrogens is 288 g/mol. The van der Waals surface area contributed by atoms with Gasteiger partial charge in [-0.05, 0) is 42.5 Å². The van der Waals surface area contributed by atoms with Crippen LogP contribution < -0.4 is 9.64 Å². The van der Waals surface area contributed by atoms with Crippen LogP contribution in [0.4, 0.5) is 5.69 Å². The van der Waals surface area contributed by atoms with Gasteiger partial charge in [0.2, 0.25) is 5.88 Å². The van der Waals surface area contributed by atoms with Crippen LogP contribution in [0.5, 0.6) is 11.6 Å². The van der Waals surface area contributed by atoms with Gasteiger partial charge >= 0.3 is 0 Å². The molecule has 114 valence electrons. The van der Waals surface area contributed by atoms with E-state index in [-0.39, 0.29) is 0 Å². The molecule has 5 nitrogen and oxygen atoms in total. The summed E-state index contributed by atoms with van der Waals surface area (Å²) in [4.78, 5) is 13.8. The van der Waals surface area contributed by atoms with Gasteiger partial charge in [-0.15, -0.1) is 0 Å². The van der Waals surface area contributed by atoms with Crippen LogP contribution in [0.25, 0.3) is 21.8 Å². The number of nitrogens with one attached hydrogen (secondary N) is 1. The Hall–Kier alpha value is -3.08.